The van der Waals surface area contributed by atoms with Crippen LogP contribution in [0.1, 0.15) is 65.3 Å². The first-order chi connectivity index (χ1) is 15.3. The highest BCUT2D eigenvalue weighted by Crippen LogP contribution is 2.32. The lowest BCUT2D eigenvalue weighted by atomic mass is 9.93. The molecule has 0 bridgehead atoms. The molecule has 0 saturated heterocycles. The molecule has 0 aliphatic carbocycles. The standard InChI is InChI=1S/C27H30ClNO3/c1-17(2)23-15-24(18(3)14-26(23)31-5)19(4)29-27(30)20-10-12-22(13-11-20)32-16-21-8-6-7-9-25(21)28/h6-15,17,19H,16H2,1-5H3,(H,29,30). The second kappa shape index (κ2) is 10.6. The van der Waals surface area contributed by atoms with Crippen LogP contribution >= 0.6 is 11.6 Å². The van der Waals surface area contributed by atoms with Crippen molar-refractivity contribution in [3.8, 4) is 11.5 Å². The number of hydrogen-bond donors (Lipinski definition) is 1. The Labute approximate surface area is 195 Å². The van der Waals surface area contributed by atoms with Gasteiger partial charge in [0, 0.05) is 16.1 Å². The van der Waals surface area contributed by atoms with Crippen LogP contribution in [0.25, 0.3) is 0 Å². The molecule has 3 aromatic rings. The highest BCUT2D eigenvalue weighted by Gasteiger charge is 2.17. The van der Waals surface area contributed by atoms with Gasteiger partial charge in [-0.2, -0.15) is 0 Å². The van der Waals surface area contributed by atoms with Crippen molar-refractivity contribution in [3.63, 3.8) is 0 Å². The Bertz CT molecular complexity index is 1080. The van der Waals surface area contributed by atoms with Gasteiger partial charge in [-0.25, -0.2) is 0 Å². The maximum Gasteiger partial charge on any atom is 0.251 e. The van der Waals surface area contributed by atoms with E-state index < -0.39 is 0 Å². The number of benzene rings is 3. The number of halogens is 1. The minimum atomic E-state index is -0.137. The van der Waals surface area contributed by atoms with Crippen molar-refractivity contribution < 1.29 is 14.3 Å². The number of amides is 1. The molecule has 168 valence electrons. The molecule has 1 atom stereocenters. The van der Waals surface area contributed by atoms with Crippen LogP contribution in [0.4, 0.5) is 0 Å². The molecule has 3 aromatic carbocycles. The Balaban J connectivity index is 1.67. The molecule has 1 unspecified atom stereocenters. The van der Waals surface area contributed by atoms with Crippen LogP contribution < -0.4 is 14.8 Å². The lowest BCUT2D eigenvalue weighted by Gasteiger charge is -2.21. The fourth-order valence-electron chi connectivity index (χ4n) is 3.65. The molecule has 0 aromatic heterocycles. The minimum absolute atomic E-state index is 0.128. The molecule has 1 amide bonds. The van der Waals surface area contributed by atoms with Crippen molar-refractivity contribution in [2.24, 2.45) is 0 Å². The SMILES string of the molecule is COc1cc(C)c(C(C)NC(=O)c2ccc(OCc3ccccc3Cl)cc2)cc1C(C)C. The van der Waals surface area contributed by atoms with E-state index in [4.69, 9.17) is 21.1 Å². The summed E-state index contributed by atoms with van der Waals surface area (Å²) < 4.78 is 11.3. The Morgan fingerprint density at radius 2 is 1.69 bits per heavy atom. The van der Waals surface area contributed by atoms with Gasteiger partial charge in [0.2, 0.25) is 0 Å². The quantitative estimate of drug-likeness (QED) is 0.407. The topological polar surface area (TPSA) is 47.6 Å². The summed E-state index contributed by atoms with van der Waals surface area (Å²) in [6.07, 6.45) is 0. The van der Waals surface area contributed by atoms with Crippen molar-refractivity contribution in [1.82, 2.24) is 5.32 Å². The maximum atomic E-state index is 12.8. The molecule has 32 heavy (non-hydrogen) atoms. The number of methoxy groups -OCH3 is 1. The summed E-state index contributed by atoms with van der Waals surface area (Å²) in [7, 11) is 1.69. The monoisotopic (exact) mass is 451 g/mol. The Kier molecular flexibility index (Phi) is 7.81. The number of carbonyl (C=O) groups is 1. The van der Waals surface area contributed by atoms with E-state index in [1.54, 1.807) is 31.4 Å². The van der Waals surface area contributed by atoms with E-state index in [0.717, 1.165) is 28.0 Å². The molecule has 0 aliphatic rings. The van der Waals surface area contributed by atoms with Crippen LogP contribution in [0.15, 0.2) is 60.7 Å². The fourth-order valence-corrected chi connectivity index (χ4v) is 3.84. The minimum Gasteiger partial charge on any atom is -0.496 e. The number of rotatable bonds is 8. The number of nitrogens with one attached hydrogen (secondary N) is 1. The van der Waals surface area contributed by atoms with Crippen LogP contribution in [0.3, 0.4) is 0 Å². The van der Waals surface area contributed by atoms with Crippen LogP contribution in [-0.4, -0.2) is 13.0 Å². The van der Waals surface area contributed by atoms with Crippen molar-refractivity contribution >= 4 is 17.5 Å². The third kappa shape index (κ3) is 5.63. The maximum absolute atomic E-state index is 12.8. The van der Waals surface area contributed by atoms with Crippen LogP contribution in [0.2, 0.25) is 5.02 Å². The summed E-state index contributed by atoms with van der Waals surface area (Å²) in [5.74, 6) is 1.76. The van der Waals surface area contributed by atoms with Gasteiger partial charge < -0.3 is 14.8 Å². The van der Waals surface area contributed by atoms with E-state index in [2.05, 4.69) is 25.2 Å². The predicted octanol–water partition coefficient (Wildman–Crippen LogP) is 6.85. The Morgan fingerprint density at radius 1 is 1.00 bits per heavy atom. The summed E-state index contributed by atoms with van der Waals surface area (Å²) in [6.45, 7) is 8.68. The van der Waals surface area contributed by atoms with Gasteiger partial charge in [0.15, 0.2) is 0 Å². The molecule has 0 saturated carbocycles. The average Bonchev–Trinajstić information content (AvgIpc) is 2.78. The van der Waals surface area contributed by atoms with Crippen molar-refractivity contribution in [3.05, 3.63) is 93.5 Å². The molecule has 0 heterocycles. The summed E-state index contributed by atoms with van der Waals surface area (Å²) in [5.41, 5.74) is 4.80. The smallest absolute Gasteiger partial charge is 0.251 e. The van der Waals surface area contributed by atoms with Crippen molar-refractivity contribution in [2.75, 3.05) is 7.11 Å². The summed E-state index contributed by atoms with van der Waals surface area (Å²) >= 11 is 6.17. The lowest BCUT2D eigenvalue weighted by Crippen LogP contribution is -2.27. The first-order valence-electron chi connectivity index (χ1n) is 10.8. The van der Waals surface area contributed by atoms with Gasteiger partial charge in [-0.1, -0.05) is 43.6 Å². The van der Waals surface area contributed by atoms with Gasteiger partial charge in [0.05, 0.1) is 13.2 Å². The Morgan fingerprint density at radius 3 is 2.31 bits per heavy atom. The molecule has 5 heteroatoms. The second-order valence-corrected chi connectivity index (χ2v) is 8.61. The zero-order valence-electron chi connectivity index (χ0n) is 19.2. The van der Waals surface area contributed by atoms with Crippen LogP contribution in [0, 0.1) is 6.92 Å². The first-order valence-corrected chi connectivity index (χ1v) is 11.1. The molecular weight excluding hydrogens is 422 g/mol. The molecule has 3 rings (SSSR count). The lowest BCUT2D eigenvalue weighted by molar-refractivity contribution is 0.0939. The van der Waals surface area contributed by atoms with Crippen molar-refractivity contribution in [2.45, 2.75) is 46.3 Å². The van der Waals surface area contributed by atoms with E-state index in [0.29, 0.717) is 28.9 Å². The highest BCUT2D eigenvalue weighted by molar-refractivity contribution is 6.31. The van der Waals surface area contributed by atoms with E-state index >= 15 is 0 Å². The third-order valence-corrected chi connectivity index (χ3v) is 5.89. The van der Waals surface area contributed by atoms with E-state index in [9.17, 15) is 4.79 Å². The second-order valence-electron chi connectivity index (χ2n) is 8.21. The van der Waals surface area contributed by atoms with Gasteiger partial charge in [-0.3, -0.25) is 4.79 Å². The molecule has 0 aliphatic heterocycles. The van der Waals surface area contributed by atoms with Gasteiger partial charge in [0.25, 0.3) is 5.91 Å². The largest absolute Gasteiger partial charge is 0.496 e. The summed E-state index contributed by atoms with van der Waals surface area (Å²) in [6, 6.07) is 18.7. The number of ether oxygens (including phenoxy) is 2. The van der Waals surface area contributed by atoms with Gasteiger partial charge in [-0.05, 0) is 78.9 Å². The molecule has 0 spiro atoms. The molecule has 0 fully saturated rings. The highest BCUT2D eigenvalue weighted by atomic mass is 35.5. The number of aryl methyl sites for hydroxylation is 1. The average molecular weight is 452 g/mol. The van der Waals surface area contributed by atoms with Crippen molar-refractivity contribution in [1.29, 1.82) is 0 Å². The molecular formula is C27H30ClNO3. The van der Waals surface area contributed by atoms with E-state index in [-0.39, 0.29) is 11.9 Å². The predicted molar refractivity (Wildman–Crippen MR) is 130 cm³/mol. The zero-order chi connectivity index (χ0) is 23.3. The van der Waals surface area contributed by atoms with Gasteiger partial charge >= 0.3 is 0 Å². The summed E-state index contributed by atoms with van der Waals surface area (Å²) in [4.78, 5) is 12.8. The fraction of sp³-hybridized carbons (Fsp3) is 0.296. The van der Waals surface area contributed by atoms with Gasteiger partial charge in [-0.15, -0.1) is 0 Å². The van der Waals surface area contributed by atoms with Crippen LogP contribution in [-0.2, 0) is 6.61 Å². The van der Waals surface area contributed by atoms with Gasteiger partial charge in [0.1, 0.15) is 18.1 Å². The first kappa shape index (κ1) is 23.7. The normalized spacial score (nSPS) is 11.8. The Hall–Kier alpha value is -2.98. The number of carbonyl (C=O) groups excluding carboxylic acids is 1. The van der Waals surface area contributed by atoms with Crippen LogP contribution in [0.5, 0.6) is 11.5 Å². The molecule has 4 nitrogen and oxygen atoms in total. The molecule has 1 N–H and O–H groups in total. The molecule has 0 radical (unpaired) electrons. The third-order valence-electron chi connectivity index (χ3n) is 5.52. The number of hydrogen-bond acceptors (Lipinski definition) is 3. The zero-order valence-corrected chi connectivity index (χ0v) is 20.0. The van der Waals surface area contributed by atoms with E-state index in [1.165, 1.54) is 0 Å². The van der Waals surface area contributed by atoms with E-state index in [1.807, 2.05) is 44.2 Å². The summed E-state index contributed by atoms with van der Waals surface area (Å²) in [5, 5.41) is 3.78.